The number of ether oxygens (including phenoxy) is 1. The van der Waals surface area contributed by atoms with Gasteiger partial charge in [-0.25, -0.2) is 0 Å². The second-order valence-electron chi connectivity index (χ2n) is 6.64. The Morgan fingerprint density at radius 1 is 1.12 bits per heavy atom. The Morgan fingerprint density at radius 2 is 1.80 bits per heavy atom. The molecule has 0 aromatic heterocycles. The van der Waals surface area contributed by atoms with Gasteiger partial charge in [0.05, 0.1) is 5.56 Å². The van der Waals surface area contributed by atoms with Gasteiger partial charge in [0.2, 0.25) is 0 Å². The number of carbonyl (C=O) groups is 2. The number of allylic oxidation sites excluding steroid dienone is 1. The topological polar surface area (TPSA) is 46.6 Å². The van der Waals surface area contributed by atoms with Crippen LogP contribution in [0.4, 0.5) is 5.69 Å². The zero-order chi connectivity index (χ0) is 18.0. The van der Waals surface area contributed by atoms with Crippen LogP contribution < -0.4 is 9.64 Å². The van der Waals surface area contributed by atoms with Gasteiger partial charge in [-0.2, -0.15) is 0 Å². The number of carbonyl (C=O) groups excluding carboxylic acids is 2. The minimum absolute atomic E-state index is 0.103. The maximum absolute atomic E-state index is 12.4. The molecule has 128 valence electrons. The average molecular weight is 335 g/mol. The molecular weight excluding hydrogens is 314 g/mol. The molecule has 0 N–H and O–H groups in total. The first kappa shape index (κ1) is 17.0. The van der Waals surface area contributed by atoms with Crippen molar-refractivity contribution in [3.05, 3.63) is 71.4 Å². The summed E-state index contributed by atoms with van der Waals surface area (Å²) in [5.74, 6) is 0.287. The van der Waals surface area contributed by atoms with Gasteiger partial charge in [-0.1, -0.05) is 44.2 Å². The van der Waals surface area contributed by atoms with Crippen LogP contribution in [0.25, 0.3) is 0 Å². The third-order valence-electron chi connectivity index (χ3n) is 4.65. The van der Waals surface area contributed by atoms with Crippen LogP contribution in [0.1, 0.15) is 29.8 Å². The molecule has 0 bridgehead atoms. The number of ketones is 1. The molecule has 1 aliphatic rings. The van der Waals surface area contributed by atoms with Crippen LogP contribution in [-0.2, 0) is 10.2 Å². The highest BCUT2D eigenvalue weighted by Crippen LogP contribution is 2.46. The largest absolute Gasteiger partial charge is 0.485 e. The van der Waals surface area contributed by atoms with Crippen LogP contribution >= 0.6 is 0 Å². The lowest BCUT2D eigenvalue weighted by Gasteiger charge is -2.24. The molecule has 3 rings (SSSR count). The van der Waals surface area contributed by atoms with E-state index in [4.69, 9.17) is 4.74 Å². The van der Waals surface area contributed by atoms with E-state index >= 15 is 0 Å². The van der Waals surface area contributed by atoms with Crippen LogP contribution in [0.15, 0.2) is 60.3 Å². The van der Waals surface area contributed by atoms with E-state index < -0.39 is 0 Å². The van der Waals surface area contributed by atoms with Gasteiger partial charge in [-0.15, -0.1) is 0 Å². The number of hydrogen-bond acceptors (Lipinski definition) is 4. The van der Waals surface area contributed by atoms with Crippen molar-refractivity contribution >= 4 is 17.8 Å². The second kappa shape index (κ2) is 6.55. The minimum atomic E-state index is -0.248. The number of likely N-dealkylation sites (N-methyl/N-ethyl adjacent to an activating group) is 1. The van der Waals surface area contributed by atoms with Gasteiger partial charge < -0.3 is 9.64 Å². The molecule has 0 radical (unpaired) electrons. The second-order valence-corrected chi connectivity index (χ2v) is 6.64. The highest BCUT2D eigenvalue weighted by molar-refractivity contribution is 5.93. The lowest BCUT2D eigenvalue weighted by molar-refractivity contribution is -0.116. The van der Waals surface area contributed by atoms with Gasteiger partial charge in [0.15, 0.2) is 18.7 Å². The zero-order valence-corrected chi connectivity index (χ0v) is 14.7. The van der Waals surface area contributed by atoms with Crippen LogP contribution in [0.5, 0.6) is 5.75 Å². The Labute approximate surface area is 147 Å². The number of fused-ring (bicyclic) bond motifs is 1. The number of rotatable bonds is 5. The van der Waals surface area contributed by atoms with E-state index in [1.54, 1.807) is 30.3 Å². The number of hydrogen-bond donors (Lipinski definition) is 0. The van der Waals surface area contributed by atoms with E-state index in [0.29, 0.717) is 11.3 Å². The fraction of sp³-hybridized carbons (Fsp3) is 0.238. The van der Waals surface area contributed by atoms with Crippen LogP contribution in [0, 0.1) is 0 Å². The van der Waals surface area contributed by atoms with Gasteiger partial charge in [0.25, 0.3) is 0 Å². The van der Waals surface area contributed by atoms with Crippen molar-refractivity contribution in [2.75, 3.05) is 18.6 Å². The monoisotopic (exact) mass is 335 g/mol. The molecular formula is C21H21NO3. The summed E-state index contributed by atoms with van der Waals surface area (Å²) in [5.41, 5.74) is 3.43. The average Bonchev–Trinajstić information content (AvgIpc) is 2.81. The highest BCUT2D eigenvalue weighted by atomic mass is 16.5. The fourth-order valence-electron chi connectivity index (χ4n) is 3.31. The van der Waals surface area contributed by atoms with Gasteiger partial charge in [0, 0.05) is 29.9 Å². The number of nitrogens with zero attached hydrogens (tertiary/aromatic N) is 1. The van der Waals surface area contributed by atoms with Gasteiger partial charge >= 0.3 is 0 Å². The minimum Gasteiger partial charge on any atom is -0.485 e. The first-order valence-corrected chi connectivity index (χ1v) is 8.20. The molecule has 0 saturated carbocycles. The smallest absolute Gasteiger partial charge is 0.194 e. The Morgan fingerprint density at radius 3 is 2.52 bits per heavy atom. The van der Waals surface area contributed by atoms with E-state index in [-0.39, 0.29) is 17.8 Å². The van der Waals surface area contributed by atoms with Crippen LogP contribution in [0.2, 0.25) is 0 Å². The van der Waals surface area contributed by atoms with Crippen molar-refractivity contribution in [1.82, 2.24) is 0 Å². The van der Waals surface area contributed by atoms with Crippen molar-refractivity contribution in [3.8, 4) is 5.75 Å². The van der Waals surface area contributed by atoms with Crippen LogP contribution in [0.3, 0.4) is 0 Å². The Bertz CT molecular complexity index is 852. The highest BCUT2D eigenvalue weighted by Gasteiger charge is 2.38. The molecule has 0 aliphatic carbocycles. The molecule has 0 unspecified atom stereocenters. The standard InChI is InChI=1S/C21H21NO3/c1-21(2)17-9-5-6-10-18(17)22(3)20(21)12-16(24)14-25-19-11-7-4-8-15(19)13-23/h4-13H,14H2,1-3H3/b20-12-. The van der Waals surface area contributed by atoms with E-state index in [1.165, 1.54) is 5.56 Å². The molecule has 2 aromatic carbocycles. The fourth-order valence-corrected chi connectivity index (χ4v) is 3.31. The van der Waals surface area contributed by atoms with Gasteiger partial charge in [-0.3, -0.25) is 9.59 Å². The maximum atomic E-state index is 12.4. The molecule has 25 heavy (non-hydrogen) atoms. The lowest BCUT2D eigenvalue weighted by atomic mass is 9.83. The van der Waals surface area contributed by atoms with Crippen molar-refractivity contribution in [2.24, 2.45) is 0 Å². The van der Waals surface area contributed by atoms with Gasteiger partial charge in [-0.05, 0) is 23.8 Å². The Kier molecular flexibility index (Phi) is 4.45. The number of benzene rings is 2. The molecule has 0 spiro atoms. The molecule has 1 heterocycles. The lowest BCUT2D eigenvalue weighted by Crippen LogP contribution is -2.25. The summed E-state index contributed by atoms with van der Waals surface area (Å²) in [6.45, 7) is 4.11. The first-order chi connectivity index (χ1) is 11.9. The Balaban J connectivity index is 1.79. The summed E-state index contributed by atoms with van der Waals surface area (Å²) < 4.78 is 5.54. The molecule has 4 nitrogen and oxygen atoms in total. The first-order valence-electron chi connectivity index (χ1n) is 8.20. The van der Waals surface area contributed by atoms with Crippen LogP contribution in [-0.4, -0.2) is 25.7 Å². The Hall–Kier alpha value is -2.88. The maximum Gasteiger partial charge on any atom is 0.194 e. The molecule has 0 atom stereocenters. The number of aldehydes is 1. The van der Waals surface area contributed by atoms with Gasteiger partial charge in [0.1, 0.15) is 5.75 Å². The molecule has 1 aliphatic heterocycles. The van der Waals surface area contributed by atoms with Crippen molar-refractivity contribution < 1.29 is 14.3 Å². The third-order valence-corrected chi connectivity index (χ3v) is 4.65. The molecule has 0 fully saturated rings. The summed E-state index contributed by atoms with van der Waals surface area (Å²) in [6.07, 6.45) is 2.37. The quantitative estimate of drug-likeness (QED) is 0.616. The predicted molar refractivity (Wildman–Crippen MR) is 98.3 cm³/mol. The van der Waals surface area contributed by atoms with E-state index in [1.807, 2.05) is 24.1 Å². The molecule has 4 heteroatoms. The van der Waals surface area contributed by atoms with Crippen molar-refractivity contribution in [3.63, 3.8) is 0 Å². The summed E-state index contributed by atoms with van der Waals surface area (Å²) >= 11 is 0. The third kappa shape index (κ3) is 3.07. The van der Waals surface area contributed by atoms with E-state index in [0.717, 1.165) is 17.7 Å². The normalized spacial score (nSPS) is 16.6. The SMILES string of the molecule is CN1/C(=C\C(=O)COc2ccccc2C=O)C(C)(C)c2ccccc21. The summed E-state index contributed by atoms with van der Waals surface area (Å²) in [6, 6.07) is 15.0. The number of para-hydroxylation sites is 2. The predicted octanol–water partition coefficient (Wildman–Crippen LogP) is 3.76. The van der Waals surface area contributed by atoms with E-state index in [9.17, 15) is 9.59 Å². The molecule has 2 aromatic rings. The van der Waals surface area contributed by atoms with Crippen molar-refractivity contribution in [1.29, 1.82) is 0 Å². The molecule has 0 saturated heterocycles. The molecule has 0 amide bonds. The summed E-state index contributed by atoms with van der Waals surface area (Å²) in [5, 5.41) is 0. The number of anilines is 1. The van der Waals surface area contributed by atoms with Crippen molar-refractivity contribution in [2.45, 2.75) is 19.3 Å². The summed E-state index contributed by atoms with van der Waals surface area (Å²) in [7, 11) is 1.97. The summed E-state index contributed by atoms with van der Waals surface area (Å²) in [4.78, 5) is 25.5. The van der Waals surface area contributed by atoms with E-state index in [2.05, 4.69) is 26.0 Å². The zero-order valence-electron chi connectivity index (χ0n) is 14.7.